The molecule has 1 aliphatic rings. The van der Waals surface area contributed by atoms with Crippen molar-refractivity contribution in [1.29, 1.82) is 5.26 Å². The van der Waals surface area contributed by atoms with Crippen molar-refractivity contribution in [2.75, 3.05) is 26.2 Å². The molecule has 2 amide bonds. The van der Waals surface area contributed by atoms with E-state index in [2.05, 4.69) is 10.6 Å². The van der Waals surface area contributed by atoms with Crippen LogP contribution in [-0.4, -0.2) is 60.3 Å². The van der Waals surface area contributed by atoms with Crippen LogP contribution >= 0.6 is 0 Å². The number of nitriles is 1. The van der Waals surface area contributed by atoms with E-state index in [1.54, 1.807) is 11.8 Å². The zero-order valence-electron chi connectivity index (χ0n) is 14.3. The lowest BCUT2D eigenvalue weighted by molar-refractivity contribution is -0.137. The van der Waals surface area contributed by atoms with Gasteiger partial charge in [0.05, 0.1) is 6.61 Å². The van der Waals surface area contributed by atoms with Gasteiger partial charge in [-0.1, -0.05) is 0 Å². The summed E-state index contributed by atoms with van der Waals surface area (Å²) in [6.07, 6.45) is 2.69. The van der Waals surface area contributed by atoms with Crippen LogP contribution in [-0.2, 0) is 14.3 Å². The van der Waals surface area contributed by atoms with Crippen molar-refractivity contribution in [1.82, 2.24) is 15.5 Å². The second-order valence-electron chi connectivity index (χ2n) is 5.55. The van der Waals surface area contributed by atoms with E-state index >= 15 is 0 Å². The lowest BCUT2D eigenvalue weighted by Crippen LogP contribution is -2.44. The molecule has 0 spiro atoms. The van der Waals surface area contributed by atoms with Crippen LogP contribution in [0.25, 0.3) is 0 Å². The molecule has 0 unspecified atom stereocenters. The minimum absolute atomic E-state index is 0.0385. The molecule has 0 aromatic rings. The maximum absolute atomic E-state index is 11.8. The van der Waals surface area contributed by atoms with Crippen molar-refractivity contribution in [3.05, 3.63) is 11.8 Å². The highest BCUT2D eigenvalue weighted by molar-refractivity contribution is 5.97. The molecule has 1 aliphatic heterocycles. The predicted octanol–water partition coefficient (Wildman–Crippen LogP) is 0.585. The molecule has 3 N–H and O–H groups in total. The Hall–Kier alpha value is -2.76. The number of carbonyl (C=O) groups is 3. The van der Waals surface area contributed by atoms with Crippen LogP contribution in [0.1, 0.15) is 32.6 Å². The van der Waals surface area contributed by atoms with Gasteiger partial charge >= 0.3 is 12.1 Å². The number of likely N-dealkylation sites (tertiary alicyclic amines) is 1. The first-order chi connectivity index (χ1) is 12.0. The van der Waals surface area contributed by atoms with E-state index in [9.17, 15) is 14.4 Å². The van der Waals surface area contributed by atoms with Crippen molar-refractivity contribution in [2.24, 2.45) is 0 Å². The number of ether oxygens (including phenoxy) is 1. The fourth-order valence-corrected chi connectivity index (χ4v) is 2.33. The summed E-state index contributed by atoms with van der Waals surface area (Å²) in [5, 5.41) is 23.1. The average molecular weight is 352 g/mol. The monoisotopic (exact) mass is 352 g/mol. The van der Waals surface area contributed by atoms with Crippen LogP contribution in [0, 0.1) is 11.3 Å². The molecule has 138 valence electrons. The van der Waals surface area contributed by atoms with E-state index in [0.29, 0.717) is 39.0 Å². The van der Waals surface area contributed by atoms with Crippen LogP contribution in [0.5, 0.6) is 0 Å². The Kier molecular flexibility index (Phi) is 8.85. The van der Waals surface area contributed by atoms with Crippen LogP contribution < -0.4 is 10.6 Å². The minimum atomic E-state index is -0.930. The first-order valence-electron chi connectivity index (χ1n) is 8.26. The number of amides is 2. The van der Waals surface area contributed by atoms with Crippen LogP contribution in [0.15, 0.2) is 11.8 Å². The standard InChI is InChI=1S/C16H24N4O5/c1-2-25-16(24)20-8-5-13(6-9-20)19-11-12(10-17)15(23)18-7-3-4-14(21)22/h11,13,19H,2-9H2,1H3,(H,18,23)(H,21,22)/b12-11-. The highest BCUT2D eigenvalue weighted by Crippen LogP contribution is 2.11. The van der Waals surface area contributed by atoms with E-state index < -0.39 is 11.9 Å². The van der Waals surface area contributed by atoms with Crippen molar-refractivity contribution < 1.29 is 24.2 Å². The number of rotatable bonds is 8. The summed E-state index contributed by atoms with van der Waals surface area (Å²) in [4.78, 5) is 35.5. The maximum Gasteiger partial charge on any atom is 0.409 e. The zero-order valence-corrected chi connectivity index (χ0v) is 14.3. The normalized spacial score (nSPS) is 15.2. The molecule has 0 atom stereocenters. The summed E-state index contributed by atoms with van der Waals surface area (Å²) in [5.41, 5.74) is -0.0665. The summed E-state index contributed by atoms with van der Waals surface area (Å²) in [6.45, 7) is 3.39. The molecule has 0 aromatic heterocycles. The molecular weight excluding hydrogens is 328 g/mol. The molecule has 25 heavy (non-hydrogen) atoms. The quantitative estimate of drug-likeness (QED) is 0.331. The van der Waals surface area contributed by atoms with Gasteiger partial charge in [-0.2, -0.15) is 5.26 Å². The molecule has 1 saturated heterocycles. The molecule has 0 bridgehead atoms. The van der Waals surface area contributed by atoms with E-state index in [1.165, 1.54) is 6.20 Å². The lowest BCUT2D eigenvalue weighted by Gasteiger charge is -2.31. The van der Waals surface area contributed by atoms with Crippen LogP contribution in [0.4, 0.5) is 4.79 Å². The first kappa shape index (κ1) is 20.3. The number of nitrogens with one attached hydrogen (secondary N) is 2. The number of hydrogen-bond acceptors (Lipinski definition) is 6. The second-order valence-corrected chi connectivity index (χ2v) is 5.55. The molecule has 0 aromatic carbocycles. The topological polar surface area (TPSA) is 132 Å². The fraction of sp³-hybridized carbons (Fsp3) is 0.625. The molecule has 1 heterocycles. The molecule has 0 saturated carbocycles. The zero-order chi connectivity index (χ0) is 18.7. The summed E-state index contributed by atoms with van der Waals surface area (Å²) >= 11 is 0. The average Bonchev–Trinajstić information content (AvgIpc) is 2.60. The summed E-state index contributed by atoms with van der Waals surface area (Å²) < 4.78 is 4.95. The number of nitrogens with zero attached hydrogens (tertiary/aromatic N) is 2. The van der Waals surface area contributed by atoms with Crippen molar-refractivity contribution in [2.45, 2.75) is 38.6 Å². The smallest absolute Gasteiger partial charge is 0.409 e. The van der Waals surface area contributed by atoms with Gasteiger partial charge in [0, 0.05) is 38.3 Å². The lowest BCUT2D eigenvalue weighted by atomic mass is 10.1. The number of piperidine rings is 1. The Morgan fingerprint density at radius 2 is 2.04 bits per heavy atom. The molecule has 1 fully saturated rings. The van der Waals surface area contributed by atoms with Gasteiger partial charge in [-0.15, -0.1) is 0 Å². The van der Waals surface area contributed by atoms with Gasteiger partial charge < -0.3 is 25.4 Å². The second kappa shape index (κ2) is 10.9. The maximum atomic E-state index is 11.8. The molecule has 9 heteroatoms. The number of carboxylic acid groups (broad SMARTS) is 1. The van der Waals surface area contributed by atoms with Gasteiger partial charge in [0.1, 0.15) is 11.6 Å². The molecule has 0 aliphatic carbocycles. The largest absolute Gasteiger partial charge is 0.481 e. The van der Waals surface area contributed by atoms with Crippen molar-refractivity contribution >= 4 is 18.0 Å². The Morgan fingerprint density at radius 1 is 1.36 bits per heavy atom. The number of hydrogen-bond donors (Lipinski definition) is 3. The molecule has 1 rings (SSSR count). The van der Waals surface area contributed by atoms with Crippen molar-refractivity contribution in [3.63, 3.8) is 0 Å². The summed E-state index contributed by atoms with van der Waals surface area (Å²) in [5.74, 6) is -1.47. The van der Waals surface area contributed by atoms with Crippen LogP contribution in [0.3, 0.4) is 0 Å². The molecule has 9 nitrogen and oxygen atoms in total. The third-order valence-electron chi connectivity index (χ3n) is 3.70. The first-order valence-corrected chi connectivity index (χ1v) is 8.26. The van der Waals surface area contributed by atoms with Gasteiger partial charge in [0.15, 0.2) is 0 Å². The van der Waals surface area contributed by atoms with E-state index in [-0.39, 0.29) is 30.7 Å². The fourth-order valence-electron chi connectivity index (χ4n) is 2.33. The van der Waals surface area contributed by atoms with Gasteiger partial charge in [-0.25, -0.2) is 4.79 Å². The number of carbonyl (C=O) groups excluding carboxylic acids is 2. The van der Waals surface area contributed by atoms with E-state index in [1.807, 2.05) is 6.07 Å². The number of aliphatic carboxylic acids is 1. The van der Waals surface area contributed by atoms with E-state index in [4.69, 9.17) is 15.1 Å². The highest BCUT2D eigenvalue weighted by Gasteiger charge is 2.23. The summed E-state index contributed by atoms with van der Waals surface area (Å²) in [6, 6.07) is 1.88. The van der Waals surface area contributed by atoms with E-state index in [0.717, 1.165) is 0 Å². The highest BCUT2D eigenvalue weighted by atomic mass is 16.6. The third-order valence-corrected chi connectivity index (χ3v) is 3.70. The Morgan fingerprint density at radius 3 is 2.60 bits per heavy atom. The third kappa shape index (κ3) is 7.56. The molecule has 0 radical (unpaired) electrons. The Labute approximate surface area is 146 Å². The predicted molar refractivity (Wildman–Crippen MR) is 88.3 cm³/mol. The minimum Gasteiger partial charge on any atom is -0.481 e. The van der Waals surface area contributed by atoms with Crippen LogP contribution in [0.2, 0.25) is 0 Å². The van der Waals surface area contributed by atoms with Gasteiger partial charge in [-0.05, 0) is 26.2 Å². The Bertz CT molecular complexity index is 547. The van der Waals surface area contributed by atoms with Crippen molar-refractivity contribution in [3.8, 4) is 6.07 Å². The van der Waals surface area contributed by atoms with Gasteiger partial charge in [0.2, 0.25) is 0 Å². The van der Waals surface area contributed by atoms with Gasteiger partial charge in [0.25, 0.3) is 5.91 Å². The van der Waals surface area contributed by atoms with Gasteiger partial charge in [-0.3, -0.25) is 9.59 Å². The number of carboxylic acids is 1. The molecular formula is C16H24N4O5. The summed E-state index contributed by atoms with van der Waals surface area (Å²) in [7, 11) is 0. The Balaban J connectivity index is 2.37. The SMILES string of the molecule is CCOC(=O)N1CCC(N/C=C(/C#N)C(=O)NCCCC(=O)O)CC1.